The van der Waals surface area contributed by atoms with Gasteiger partial charge in [-0.3, -0.25) is 4.79 Å². The average molecular weight is 216 g/mol. The van der Waals surface area contributed by atoms with Crippen molar-refractivity contribution in [3.8, 4) is 12.3 Å². The minimum absolute atomic E-state index is 0.142. The van der Waals surface area contributed by atoms with Crippen molar-refractivity contribution in [2.75, 3.05) is 18.4 Å². The number of carbonyl (C=O) groups excluding carboxylic acids is 1. The van der Waals surface area contributed by atoms with E-state index in [1.54, 1.807) is 6.07 Å². The van der Waals surface area contributed by atoms with Crippen LogP contribution in [0.5, 0.6) is 0 Å². The number of benzene rings is 1. The summed E-state index contributed by atoms with van der Waals surface area (Å²) in [6, 6.07) is 7.40. The highest BCUT2D eigenvalue weighted by Gasteiger charge is 2.08. The van der Waals surface area contributed by atoms with Crippen LogP contribution in [-0.2, 0) is 0 Å². The van der Waals surface area contributed by atoms with Crippen LogP contribution in [0.3, 0.4) is 0 Å². The molecule has 16 heavy (non-hydrogen) atoms. The zero-order chi connectivity index (χ0) is 11.8. The van der Waals surface area contributed by atoms with Gasteiger partial charge in [-0.2, -0.15) is 0 Å². The maximum atomic E-state index is 11.7. The summed E-state index contributed by atoms with van der Waals surface area (Å²) in [6.07, 6.45) is 6.11. The Bertz CT molecular complexity index is 393. The summed E-state index contributed by atoms with van der Waals surface area (Å²) in [6.45, 7) is 3.18. The number of carbonyl (C=O) groups is 1. The third-order valence-corrected chi connectivity index (χ3v) is 2.09. The molecule has 2 N–H and O–H groups in total. The Morgan fingerprint density at radius 2 is 2.19 bits per heavy atom. The third kappa shape index (κ3) is 3.32. The molecule has 0 saturated carbocycles. The molecule has 0 heterocycles. The smallest absolute Gasteiger partial charge is 0.254 e. The first-order valence-electron chi connectivity index (χ1n) is 5.34. The number of amides is 1. The Balaban J connectivity index is 2.77. The Kier molecular flexibility index (Phi) is 4.94. The van der Waals surface area contributed by atoms with Crippen molar-refractivity contribution in [3.05, 3.63) is 29.8 Å². The van der Waals surface area contributed by atoms with Crippen LogP contribution in [0.15, 0.2) is 24.3 Å². The molecule has 3 nitrogen and oxygen atoms in total. The number of hydrogen-bond acceptors (Lipinski definition) is 2. The molecule has 0 aliphatic heterocycles. The fourth-order valence-electron chi connectivity index (χ4n) is 1.32. The quantitative estimate of drug-likeness (QED) is 0.738. The number of hydrogen-bond donors (Lipinski definition) is 2. The van der Waals surface area contributed by atoms with E-state index in [4.69, 9.17) is 6.42 Å². The SMILES string of the molecule is C#CCNC(=O)c1ccccc1NCCC. The number of rotatable bonds is 5. The summed E-state index contributed by atoms with van der Waals surface area (Å²) < 4.78 is 0. The Hall–Kier alpha value is -1.95. The molecule has 84 valence electrons. The van der Waals surface area contributed by atoms with Crippen molar-refractivity contribution < 1.29 is 4.79 Å². The van der Waals surface area contributed by atoms with Crippen molar-refractivity contribution in [3.63, 3.8) is 0 Å². The molecule has 0 atom stereocenters. The largest absolute Gasteiger partial charge is 0.384 e. The Morgan fingerprint density at radius 3 is 2.88 bits per heavy atom. The van der Waals surface area contributed by atoms with E-state index in [9.17, 15) is 4.79 Å². The lowest BCUT2D eigenvalue weighted by Crippen LogP contribution is -2.24. The first kappa shape index (κ1) is 12.1. The minimum atomic E-state index is -0.142. The van der Waals surface area contributed by atoms with Gasteiger partial charge >= 0.3 is 0 Å². The van der Waals surface area contributed by atoms with Gasteiger partial charge in [0.15, 0.2) is 0 Å². The van der Waals surface area contributed by atoms with Gasteiger partial charge in [0.25, 0.3) is 5.91 Å². The van der Waals surface area contributed by atoms with Crippen LogP contribution in [0.1, 0.15) is 23.7 Å². The van der Waals surface area contributed by atoms with E-state index in [-0.39, 0.29) is 12.5 Å². The zero-order valence-electron chi connectivity index (χ0n) is 9.42. The van der Waals surface area contributed by atoms with Crippen molar-refractivity contribution in [2.45, 2.75) is 13.3 Å². The molecule has 3 heteroatoms. The molecule has 0 saturated heterocycles. The average Bonchev–Trinajstić information content (AvgIpc) is 2.33. The summed E-state index contributed by atoms with van der Waals surface area (Å²) in [5.74, 6) is 2.24. The van der Waals surface area contributed by atoms with Gasteiger partial charge in [0, 0.05) is 12.2 Å². The fourth-order valence-corrected chi connectivity index (χ4v) is 1.32. The maximum absolute atomic E-state index is 11.7. The highest BCUT2D eigenvalue weighted by molar-refractivity contribution is 5.99. The van der Waals surface area contributed by atoms with Crippen LogP contribution in [0.25, 0.3) is 0 Å². The van der Waals surface area contributed by atoms with Crippen molar-refractivity contribution in [1.29, 1.82) is 0 Å². The molecule has 1 rings (SSSR count). The van der Waals surface area contributed by atoms with E-state index in [1.165, 1.54) is 0 Å². The summed E-state index contributed by atoms with van der Waals surface area (Å²) in [4.78, 5) is 11.7. The summed E-state index contributed by atoms with van der Waals surface area (Å²) >= 11 is 0. The predicted octanol–water partition coefficient (Wildman–Crippen LogP) is 1.87. The van der Waals surface area contributed by atoms with E-state index in [2.05, 4.69) is 23.5 Å². The second-order valence-electron chi connectivity index (χ2n) is 3.36. The lowest BCUT2D eigenvalue weighted by Gasteiger charge is -2.10. The Labute approximate surface area is 96.2 Å². The number of terminal acetylenes is 1. The lowest BCUT2D eigenvalue weighted by atomic mass is 10.1. The summed E-state index contributed by atoms with van der Waals surface area (Å²) in [5.41, 5.74) is 1.48. The van der Waals surface area contributed by atoms with Crippen molar-refractivity contribution in [1.82, 2.24) is 5.32 Å². The first-order valence-corrected chi connectivity index (χ1v) is 5.34. The topological polar surface area (TPSA) is 41.1 Å². The number of anilines is 1. The predicted molar refractivity (Wildman–Crippen MR) is 66.4 cm³/mol. The van der Waals surface area contributed by atoms with Crippen LogP contribution < -0.4 is 10.6 Å². The van der Waals surface area contributed by atoms with Gasteiger partial charge < -0.3 is 10.6 Å². The number of para-hydroxylation sites is 1. The highest BCUT2D eigenvalue weighted by atomic mass is 16.1. The second-order valence-corrected chi connectivity index (χ2v) is 3.36. The zero-order valence-corrected chi connectivity index (χ0v) is 9.42. The lowest BCUT2D eigenvalue weighted by molar-refractivity contribution is 0.0959. The molecule has 0 unspecified atom stereocenters. The van der Waals surface area contributed by atoms with Gasteiger partial charge in [0.05, 0.1) is 12.1 Å². The van der Waals surface area contributed by atoms with Gasteiger partial charge in [0.2, 0.25) is 0 Å². The summed E-state index contributed by atoms with van der Waals surface area (Å²) in [5, 5.41) is 5.86. The van der Waals surface area contributed by atoms with Gasteiger partial charge in [-0.05, 0) is 18.6 Å². The third-order valence-electron chi connectivity index (χ3n) is 2.09. The molecule has 0 aromatic heterocycles. The molecule has 1 aromatic rings. The first-order chi connectivity index (χ1) is 7.79. The molecule has 0 aliphatic rings. The molecule has 0 aliphatic carbocycles. The van der Waals surface area contributed by atoms with Crippen molar-refractivity contribution >= 4 is 11.6 Å². The molecule has 1 aromatic carbocycles. The maximum Gasteiger partial charge on any atom is 0.254 e. The van der Waals surface area contributed by atoms with E-state index in [0.717, 1.165) is 18.7 Å². The molecule has 0 fully saturated rings. The van der Waals surface area contributed by atoms with E-state index < -0.39 is 0 Å². The van der Waals surface area contributed by atoms with Crippen LogP contribution in [-0.4, -0.2) is 19.0 Å². The molecular formula is C13H16N2O. The van der Waals surface area contributed by atoms with Crippen LogP contribution in [0.2, 0.25) is 0 Å². The normalized spacial score (nSPS) is 9.25. The molecule has 0 bridgehead atoms. The molecule has 0 radical (unpaired) electrons. The van der Waals surface area contributed by atoms with Gasteiger partial charge in [-0.25, -0.2) is 0 Å². The van der Waals surface area contributed by atoms with Gasteiger partial charge in [-0.15, -0.1) is 6.42 Å². The molecule has 1 amide bonds. The second kappa shape index (κ2) is 6.52. The molecule has 0 spiro atoms. The van der Waals surface area contributed by atoms with Gasteiger partial charge in [-0.1, -0.05) is 25.0 Å². The minimum Gasteiger partial charge on any atom is -0.384 e. The van der Waals surface area contributed by atoms with Gasteiger partial charge in [0.1, 0.15) is 0 Å². The van der Waals surface area contributed by atoms with Crippen LogP contribution in [0, 0.1) is 12.3 Å². The number of nitrogens with one attached hydrogen (secondary N) is 2. The van der Waals surface area contributed by atoms with Crippen molar-refractivity contribution in [2.24, 2.45) is 0 Å². The standard InChI is InChI=1S/C13H16N2O/c1-3-9-14-12-8-6-5-7-11(12)13(16)15-10-4-2/h2,5-8,14H,3,9-10H2,1H3,(H,15,16). The fraction of sp³-hybridized carbons (Fsp3) is 0.308. The van der Waals surface area contributed by atoms with Crippen LogP contribution in [0.4, 0.5) is 5.69 Å². The summed E-state index contributed by atoms with van der Waals surface area (Å²) in [7, 11) is 0. The van der Waals surface area contributed by atoms with E-state index in [1.807, 2.05) is 18.2 Å². The van der Waals surface area contributed by atoms with E-state index in [0.29, 0.717) is 5.56 Å². The highest BCUT2D eigenvalue weighted by Crippen LogP contribution is 2.14. The monoisotopic (exact) mass is 216 g/mol. The van der Waals surface area contributed by atoms with Crippen LogP contribution >= 0.6 is 0 Å². The van der Waals surface area contributed by atoms with E-state index >= 15 is 0 Å². The Morgan fingerprint density at radius 1 is 1.44 bits per heavy atom. The molecular weight excluding hydrogens is 200 g/mol.